The van der Waals surface area contributed by atoms with Crippen LogP contribution < -0.4 is 25.3 Å². The first-order valence-corrected chi connectivity index (χ1v) is 20.0. The number of aromatic nitrogens is 1. The molecule has 2 N–H and O–H groups in total. The molecule has 8 rings (SSSR count). The van der Waals surface area contributed by atoms with Crippen molar-refractivity contribution >= 4 is 69.8 Å². The lowest BCUT2D eigenvalue weighted by Crippen LogP contribution is -2.55. The fourth-order valence-electron chi connectivity index (χ4n) is 8.67. The van der Waals surface area contributed by atoms with Gasteiger partial charge in [0.05, 0.1) is 29.6 Å². The average Bonchev–Trinajstić information content (AvgIpc) is 3.46. The monoisotopic (exact) mass is 792 g/mol. The quantitative estimate of drug-likeness (QED) is 0.260. The molecule has 0 radical (unpaired) electrons. The second-order valence-corrected chi connectivity index (χ2v) is 15.9. The number of pyridine rings is 1. The van der Waals surface area contributed by atoms with Crippen molar-refractivity contribution in [3.05, 3.63) is 82.3 Å². The Morgan fingerprint density at radius 1 is 0.860 bits per heavy atom. The molecular weight excluding hydrogens is 748 g/mol. The summed E-state index contributed by atoms with van der Waals surface area (Å²) in [5.74, 6) is -0.502. The van der Waals surface area contributed by atoms with E-state index < -0.39 is 29.7 Å². The van der Waals surface area contributed by atoms with E-state index in [1.807, 2.05) is 42.2 Å². The van der Waals surface area contributed by atoms with Crippen LogP contribution in [-0.2, 0) is 9.59 Å². The number of urea groups is 1. The van der Waals surface area contributed by atoms with Crippen molar-refractivity contribution in [2.75, 3.05) is 85.5 Å². The number of hydrogen-bond donors (Lipinski definition) is 2. The third-order valence-corrected chi connectivity index (χ3v) is 12.2. The largest absolute Gasteiger partial charge is 0.369 e. The van der Waals surface area contributed by atoms with Crippen molar-refractivity contribution < 1.29 is 24.0 Å². The number of piperazine rings is 2. The first kappa shape index (κ1) is 38.2. The number of halogens is 1. The first-order chi connectivity index (χ1) is 27.6. The van der Waals surface area contributed by atoms with Crippen LogP contribution in [0.5, 0.6) is 0 Å². The fourth-order valence-corrected chi connectivity index (χ4v) is 8.89. The van der Waals surface area contributed by atoms with Gasteiger partial charge < -0.3 is 24.9 Å². The van der Waals surface area contributed by atoms with Crippen molar-refractivity contribution in [1.82, 2.24) is 25.0 Å². The van der Waals surface area contributed by atoms with Crippen LogP contribution in [0.1, 0.15) is 53.3 Å². The fraction of sp³-hybridized carbons (Fsp3) is 0.439. The van der Waals surface area contributed by atoms with E-state index in [2.05, 4.69) is 35.1 Å². The summed E-state index contributed by atoms with van der Waals surface area (Å²) in [6.07, 6.45) is 4.07. The van der Waals surface area contributed by atoms with Gasteiger partial charge in [-0.05, 0) is 74.6 Å². The lowest BCUT2D eigenvalue weighted by Gasteiger charge is -2.41. The summed E-state index contributed by atoms with van der Waals surface area (Å²) < 4.78 is 0. The van der Waals surface area contributed by atoms with Crippen LogP contribution in [0.4, 0.5) is 33.4 Å². The number of anilines is 4. The molecule has 6 amide bonds. The topological polar surface area (TPSA) is 146 Å². The highest BCUT2D eigenvalue weighted by molar-refractivity contribution is 6.33. The van der Waals surface area contributed by atoms with E-state index in [-0.39, 0.29) is 24.9 Å². The van der Waals surface area contributed by atoms with Gasteiger partial charge in [-0.2, -0.15) is 0 Å². The molecule has 0 spiro atoms. The summed E-state index contributed by atoms with van der Waals surface area (Å²) in [7, 11) is 0. The van der Waals surface area contributed by atoms with Gasteiger partial charge in [0.25, 0.3) is 11.8 Å². The normalized spacial score (nSPS) is 22.1. The van der Waals surface area contributed by atoms with Crippen LogP contribution in [0.25, 0.3) is 4.85 Å². The van der Waals surface area contributed by atoms with Gasteiger partial charge in [-0.15, -0.1) is 0 Å². The molecule has 1 aromatic heterocycles. The van der Waals surface area contributed by atoms with Crippen molar-refractivity contribution in [3.8, 4) is 0 Å². The number of imide groups is 2. The second-order valence-electron chi connectivity index (χ2n) is 15.5. The molecule has 16 heteroatoms. The first-order valence-electron chi connectivity index (χ1n) is 19.6. The molecule has 0 aliphatic carbocycles. The zero-order valence-corrected chi connectivity index (χ0v) is 32.6. The predicted octanol–water partition coefficient (Wildman–Crippen LogP) is 4.47. The zero-order chi connectivity index (χ0) is 39.8. The SMILES string of the molecule is [C-]#[N+]c1ccc(N2CCN(C(=O)Nc3ccc(N4CCC(CN5CCN(c6ccc7c(c6)C(=O)N(C6CCC(=O)NC6=O)C7=O)CC5)CC4)nc3)C(C)C2)cc1Cl. The van der Waals surface area contributed by atoms with Crippen LogP contribution >= 0.6 is 11.6 Å². The Labute approximate surface area is 336 Å². The van der Waals surface area contributed by atoms with Crippen molar-refractivity contribution in [2.45, 2.75) is 44.7 Å². The summed E-state index contributed by atoms with van der Waals surface area (Å²) in [6, 6.07) is 13.5. The second kappa shape index (κ2) is 16.0. The molecule has 5 aliphatic heterocycles. The molecular formula is C41H45ClN10O5. The number of nitrogens with one attached hydrogen (secondary N) is 2. The van der Waals surface area contributed by atoms with Crippen molar-refractivity contribution in [1.29, 1.82) is 0 Å². The van der Waals surface area contributed by atoms with Crippen molar-refractivity contribution in [2.24, 2.45) is 5.92 Å². The number of nitrogens with zero attached hydrogens (tertiary/aromatic N) is 8. The van der Waals surface area contributed by atoms with E-state index in [4.69, 9.17) is 23.2 Å². The lowest BCUT2D eigenvalue weighted by molar-refractivity contribution is -0.136. The molecule has 5 aliphatic rings. The molecule has 15 nitrogen and oxygen atoms in total. The summed E-state index contributed by atoms with van der Waals surface area (Å²) in [5, 5.41) is 5.69. The molecule has 4 fully saturated rings. The lowest BCUT2D eigenvalue weighted by atomic mass is 9.96. The van der Waals surface area contributed by atoms with E-state index in [1.54, 1.807) is 24.4 Å². The minimum absolute atomic E-state index is 0.0261. The Bertz CT molecular complexity index is 2130. The summed E-state index contributed by atoms with van der Waals surface area (Å²) in [5.41, 5.74) is 3.51. The minimum atomic E-state index is -0.974. The van der Waals surface area contributed by atoms with Gasteiger partial charge in [-0.25, -0.2) is 14.6 Å². The highest BCUT2D eigenvalue weighted by Crippen LogP contribution is 2.33. The molecule has 0 saturated carbocycles. The van der Waals surface area contributed by atoms with Crippen LogP contribution in [0, 0.1) is 12.5 Å². The van der Waals surface area contributed by atoms with E-state index in [0.29, 0.717) is 53.1 Å². The smallest absolute Gasteiger partial charge is 0.322 e. The average molecular weight is 793 g/mol. The van der Waals surface area contributed by atoms with Gasteiger partial charge >= 0.3 is 6.03 Å². The predicted molar refractivity (Wildman–Crippen MR) is 216 cm³/mol. The van der Waals surface area contributed by atoms with E-state index in [1.165, 1.54) is 0 Å². The summed E-state index contributed by atoms with van der Waals surface area (Å²) in [4.78, 5) is 83.9. The van der Waals surface area contributed by atoms with Crippen LogP contribution in [0.2, 0.25) is 5.02 Å². The maximum atomic E-state index is 13.3. The highest BCUT2D eigenvalue weighted by atomic mass is 35.5. The number of benzene rings is 2. The zero-order valence-electron chi connectivity index (χ0n) is 31.8. The Kier molecular flexibility index (Phi) is 10.7. The van der Waals surface area contributed by atoms with Crippen LogP contribution in [-0.4, -0.2) is 127 Å². The maximum absolute atomic E-state index is 13.3. The van der Waals surface area contributed by atoms with Gasteiger partial charge in [0, 0.05) is 94.3 Å². The third kappa shape index (κ3) is 7.84. The number of fused-ring (bicyclic) bond motifs is 1. The van der Waals surface area contributed by atoms with Crippen molar-refractivity contribution in [3.63, 3.8) is 0 Å². The number of carbonyl (C=O) groups excluding carboxylic acids is 5. The van der Waals surface area contributed by atoms with E-state index >= 15 is 0 Å². The van der Waals surface area contributed by atoms with Gasteiger partial charge in [0.15, 0.2) is 0 Å². The van der Waals surface area contributed by atoms with Crippen LogP contribution in [0.3, 0.4) is 0 Å². The van der Waals surface area contributed by atoms with E-state index in [9.17, 15) is 24.0 Å². The van der Waals surface area contributed by atoms with Gasteiger partial charge in [-0.3, -0.25) is 34.3 Å². The molecule has 6 heterocycles. The molecule has 4 saturated heterocycles. The number of hydrogen-bond acceptors (Lipinski definition) is 10. The van der Waals surface area contributed by atoms with Gasteiger partial charge in [0.2, 0.25) is 17.5 Å². The number of piperidine rings is 2. The Morgan fingerprint density at radius 2 is 1.58 bits per heavy atom. The maximum Gasteiger partial charge on any atom is 0.322 e. The molecule has 0 bridgehead atoms. The molecule has 3 aromatic rings. The molecule has 57 heavy (non-hydrogen) atoms. The molecule has 2 aromatic carbocycles. The standard InChI is InChI=1S/C41H45ClN10O5/c1-26-24-50(30-5-7-34(43-2)33(42)22-30)19-20-51(26)41(57)45-28-3-9-36(44-23-28)49-13-11-27(12-14-49)25-47-15-17-48(18-16-47)29-4-6-31-32(21-29)40(56)52(39(31)55)35-8-10-37(53)46-38(35)54/h3-7,9,21-23,26-27,35H,8,10-20,24-25H2,1H3,(H,45,57)(H,46,53,54). The van der Waals surface area contributed by atoms with E-state index in [0.717, 1.165) is 80.7 Å². The Balaban J connectivity index is 0.770. The van der Waals surface area contributed by atoms with Crippen LogP contribution in [0.15, 0.2) is 54.7 Å². The van der Waals surface area contributed by atoms with Gasteiger partial charge in [-0.1, -0.05) is 17.7 Å². The molecule has 2 unspecified atom stereocenters. The third-order valence-electron chi connectivity index (χ3n) is 11.9. The minimum Gasteiger partial charge on any atom is -0.369 e. The molecule has 2 atom stereocenters. The number of amides is 6. The summed E-state index contributed by atoms with van der Waals surface area (Å²) in [6.45, 7) is 17.3. The van der Waals surface area contributed by atoms with Gasteiger partial charge in [0.1, 0.15) is 11.9 Å². The number of rotatable bonds is 7. The molecule has 296 valence electrons. The highest BCUT2D eigenvalue weighted by Gasteiger charge is 2.45. The number of carbonyl (C=O) groups is 5. The summed E-state index contributed by atoms with van der Waals surface area (Å²) >= 11 is 6.26. The Hall–Kier alpha value is -5.72. The Morgan fingerprint density at radius 3 is 2.26 bits per heavy atom.